The molecule has 8 amide bonds. The van der Waals surface area contributed by atoms with Crippen molar-refractivity contribution in [1.82, 2.24) is 46.2 Å². The molecule has 22 nitrogen and oxygen atoms in total. The van der Waals surface area contributed by atoms with Gasteiger partial charge >= 0.3 is 5.97 Å². The van der Waals surface area contributed by atoms with Crippen LogP contribution in [-0.2, 0) is 43.2 Å². The zero-order valence-electron chi connectivity index (χ0n) is 33.1. The van der Waals surface area contributed by atoms with E-state index in [0.717, 1.165) is 6.42 Å². The maximum Gasteiger partial charge on any atom is 0.322 e. The Balaban J connectivity index is 1.13. The second kappa shape index (κ2) is 20.9. The van der Waals surface area contributed by atoms with E-state index >= 15 is 0 Å². The lowest BCUT2D eigenvalue weighted by atomic mass is 10.1. The number of hydrogen-bond acceptors (Lipinski definition) is 13. The fourth-order valence-electron chi connectivity index (χ4n) is 8.64. The molecule has 5 fully saturated rings. The van der Waals surface area contributed by atoms with Gasteiger partial charge in [0.2, 0.25) is 47.3 Å². The summed E-state index contributed by atoms with van der Waals surface area (Å²) in [6, 6.07) is -5.54. The van der Waals surface area contributed by atoms with Gasteiger partial charge in [-0.3, -0.25) is 43.2 Å². The standard InChI is InChI=1S/C37H58N10O12/c38-10-2-1-6-23(32(54)42-18-31(52)53)43-35(57)25-8-4-12-44(25)29(50)16-40-34(56)28-15-22(49)20-47(28)37(59)26-9-5-13-45(26)30(51)17-41-33(55)27-14-21(48)19-46(27)36(58)24-7-3-11-39-24/h21-28,39,48-49H,1-20,38H2,(H,40,56)(H,41,55)(H,42,54)(H,43,57)(H,52,53)/t21-,22-,23+,24+,25+,26+,27+,28+/m1/s1. The number of carbonyl (C=O) groups is 9. The van der Waals surface area contributed by atoms with Gasteiger partial charge in [-0.15, -0.1) is 0 Å². The highest BCUT2D eigenvalue weighted by Crippen LogP contribution is 2.26. The van der Waals surface area contributed by atoms with Crippen LogP contribution in [0.3, 0.4) is 0 Å². The second-order valence-corrected chi connectivity index (χ2v) is 15.8. The zero-order chi connectivity index (χ0) is 42.8. The van der Waals surface area contributed by atoms with Crippen molar-refractivity contribution in [3.05, 3.63) is 0 Å². The Morgan fingerprint density at radius 3 is 1.75 bits per heavy atom. The van der Waals surface area contributed by atoms with Crippen molar-refractivity contribution in [2.24, 2.45) is 5.73 Å². The molecular formula is C37H58N10O12. The number of likely N-dealkylation sites (tertiary alicyclic amines) is 4. The van der Waals surface area contributed by atoms with E-state index in [1.54, 1.807) is 0 Å². The number of nitrogens with zero attached hydrogens (tertiary/aromatic N) is 4. The van der Waals surface area contributed by atoms with E-state index in [0.29, 0.717) is 45.2 Å². The number of hydrogen-bond donors (Lipinski definition) is 9. The van der Waals surface area contributed by atoms with Crippen molar-refractivity contribution in [3.63, 3.8) is 0 Å². The monoisotopic (exact) mass is 834 g/mol. The number of nitrogens with two attached hydrogens (primary N) is 1. The van der Waals surface area contributed by atoms with Crippen molar-refractivity contribution < 1.29 is 58.5 Å². The number of nitrogens with one attached hydrogen (secondary N) is 5. The van der Waals surface area contributed by atoms with Crippen LogP contribution in [0.2, 0.25) is 0 Å². The molecule has 0 saturated carbocycles. The SMILES string of the molecule is NCCCC[C@H](NC(=O)[C@@H]1CCCN1C(=O)CNC(=O)[C@@H]1C[C@@H](O)CN1C(=O)[C@@H]1CCCN1C(=O)CNC(=O)[C@@H]1C[C@@H](O)CN1C(=O)[C@@H]1CCCN1)C(=O)NCC(=O)O. The molecule has 328 valence electrons. The average Bonchev–Trinajstić information content (AvgIpc) is 4.06. The van der Waals surface area contributed by atoms with Crippen molar-refractivity contribution in [3.8, 4) is 0 Å². The highest BCUT2D eigenvalue weighted by molar-refractivity contribution is 5.97. The number of carboxylic acids is 1. The van der Waals surface area contributed by atoms with Crippen LogP contribution in [0.25, 0.3) is 0 Å². The maximum atomic E-state index is 13.9. The molecule has 0 radical (unpaired) electrons. The Kier molecular flexibility index (Phi) is 16.0. The third-order valence-electron chi connectivity index (χ3n) is 11.6. The first kappa shape index (κ1) is 45.2. The molecule has 0 unspecified atom stereocenters. The average molecular weight is 835 g/mol. The lowest BCUT2D eigenvalue weighted by Crippen LogP contribution is -2.56. The number of aliphatic hydroxyl groups excluding tert-OH is 2. The molecule has 5 rings (SSSR count). The van der Waals surface area contributed by atoms with E-state index in [1.807, 2.05) is 0 Å². The second-order valence-electron chi connectivity index (χ2n) is 15.8. The summed E-state index contributed by atoms with van der Waals surface area (Å²) >= 11 is 0. The summed E-state index contributed by atoms with van der Waals surface area (Å²) in [5, 5.41) is 42.8. The molecule has 0 aromatic rings. The summed E-state index contributed by atoms with van der Waals surface area (Å²) < 4.78 is 0. The van der Waals surface area contributed by atoms with E-state index in [9.17, 15) is 53.4 Å². The number of aliphatic hydroxyl groups is 2. The fourth-order valence-corrected chi connectivity index (χ4v) is 8.64. The van der Waals surface area contributed by atoms with Gasteiger partial charge in [0, 0.05) is 39.0 Å². The molecule has 5 aliphatic heterocycles. The molecule has 22 heteroatoms. The molecule has 0 bridgehead atoms. The van der Waals surface area contributed by atoms with Crippen LogP contribution in [0.15, 0.2) is 0 Å². The Bertz CT molecular complexity index is 1610. The van der Waals surface area contributed by atoms with Crippen LogP contribution >= 0.6 is 0 Å². The van der Waals surface area contributed by atoms with Crippen molar-refractivity contribution >= 4 is 53.2 Å². The third kappa shape index (κ3) is 11.4. The van der Waals surface area contributed by atoms with Crippen molar-refractivity contribution in [2.45, 2.75) is 119 Å². The van der Waals surface area contributed by atoms with Gasteiger partial charge in [-0.1, -0.05) is 0 Å². The number of rotatable bonds is 17. The van der Waals surface area contributed by atoms with Crippen molar-refractivity contribution in [2.75, 3.05) is 58.9 Å². The number of amides is 8. The Morgan fingerprint density at radius 2 is 1.20 bits per heavy atom. The van der Waals surface area contributed by atoms with Crippen LogP contribution < -0.4 is 32.3 Å². The largest absolute Gasteiger partial charge is 0.480 e. The third-order valence-corrected chi connectivity index (χ3v) is 11.6. The van der Waals surface area contributed by atoms with Gasteiger partial charge in [-0.05, 0) is 70.9 Å². The Labute approximate surface area is 341 Å². The Hall–Kier alpha value is -4.93. The molecule has 0 aromatic heterocycles. The molecule has 59 heavy (non-hydrogen) atoms. The molecular weight excluding hydrogens is 776 g/mol. The summed E-state index contributed by atoms with van der Waals surface area (Å²) in [5.74, 6) is -5.86. The number of carbonyl (C=O) groups excluding carboxylic acids is 8. The highest BCUT2D eigenvalue weighted by Gasteiger charge is 2.46. The van der Waals surface area contributed by atoms with Crippen LogP contribution in [0, 0.1) is 0 Å². The number of aliphatic carboxylic acids is 1. The minimum absolute atomic E-state index is 0.00298. The maximum absolute atomic E-state index is 13.9. The molecule has 8 atom stereocenters. The minimum Gasteiger partial charge on any atom is -0.480 e. The number of carboxylic acid groups (broad SMARTS) is 1. The van der Waals surface area contributed by atoms with Gasteiger partial charge in [0.25, 0.3) is 0 Å². The topological polar surface area (TPSA) is 313 Å². The lowest BCUT2D eigenvalue weighted by Gasteiger charge is -2.31. The number of unbranched alkanes of at least 4 members (excludes halogenated alkanes) is 1. The van der Waals surface area contributed by atoms with Crippen LogP contribution in [0.5, 0.6) is 0 Å². The molecule has 0 spiro atoms. The van der Waals surface area contributed by atoms with Crippen molar-refractivity contribution in [1.29, 1.82) is 0 Å². The molecule has 0 aromatic carbocycles. The summed E-state index contributed by atoms with van der Waals surface area (Å²) in [4.78, 5) is 122. The Morgan fingerprint density at radius 1 is 0.644 bits per heavy atom. The van der Waals surface area contributed by atoms with E-state index in [2.05, 4.69) is 26.6 Å². The first-order valence-corrected chi connectivity index (χ1v) is 20.5. The number of β-amino-alcohol motifs (C(OH)–C–C–N with tert-alkyl or cyclic N) is 2. The van der Waals surface area contributed by atoms with Gasteiger partial charge in [0.05, 0.1) is 31.3 Å². The first-order chi connectivity index (χ1) is 28.2. The van der Waals surface area contributed by atoms with Gasteiger partial charge in [0.15, 0.2) is 0 Å². The highest BCUT2D eigenvalue weighted by atomic mass is 16.4. The van der Waals surface area contributed by atoms with E-state index in [1.165, 1.54) is 19.6 Å². The van der Waals surface area contributed by atoms with Crippen LogP contribution in [-0.4, -0.2) is 196 Å². The van der Waals surface area contributed by atoms with Gasteiger partial charge in [-0.2, -0.15) is 0 Å². The molecule has 5 aliphatic rings. The van der Waals surface area contributed by atoms with Crippen LogP contribution in [0.1, 0.15) is 70.6 Å². The fraction of sp³-hybridized carbons (Fsp3) is 0.757. The van der Waals surface area contributed by atoms with E-state index < -0.39 is 115 Å². The lowest BCUT2D eigenvalue weighted by molar-refractivity contribution is -0.147. The quantitative estimate of drug-likeness (QED) is 0.0619. The first-order valence-electron chi connectivity index (χ1n) is 20.5. The zero-order valence-corrected chi connectivity index (χ0v) is 33.1. The van der Waals surface area contributed by atoms with E-state index in [4.69, 9.17) is 10.8 Å². The van der Waals surface area contributed by atoms with Gasteiger partial charge in [0.1, 0.15) is 36.8 Å². The van der Waals surface area contributed by atoms with E-state index in [-0.39, 0.29) is 64.2 Å². The smallest absolute Gasteiger partial charge is 0.322 e. The summed E-state index contributed by atoms with van der Waals surface area (Å²) in [5.41, 5.74) is 5.55. The predicted molar refractivity (Wildman–Crippen MR) is 204 cm³/mol. The van der Waals surface area contributed by atoms with Crippen LogP contribution in [0.4, 0.5) is 0 Å². The minimum atomic E-state index is -1.25. The summed E-state index contributed by atoms with van der Waals surface area (Å²) in [6.45, 7) is -0.365. The predicted octanol–water partition coefficient (Wildman–Crippen LogP) is -5.31. The summed E-state index contributed by atoms with van der Waals surface area (Å²) in [7, 11) is 0. The van der Waals surface area contributed by atoms with Gasteiger partial charge in [-0.25, -0.2) is 0 Å². The molecule has 5 saturated heterocycles. The van der Waals surface area contributed by atoms with Gasteiger partial charge < -0.3 is 67.2 Å². The summed E-state index contributed by atoms with van der Waals surface area (Å²) in [6.07, 6.45) is 2.15. The molecule has 10 N–H and O–H groups in total. The normalized spacial score (nSPS) is 27.1. The molecule has 5 heterocycles. The molecule has 0 aliphatic carbocycles.